The van der Waals surface area contributed by atoms with Crippen LogP contribution in [0.5, 0.6) is 0 Å². The Morgan fingerprint density at radius 3 is 2.58 bits per heavy atom. The number of amides is 2. The number of fused-ring (bicyclic) bond motifs is 1. The predicted octanol–water partition coefficient (Wildman–Crippen LogP) is 6.47. The van der Waals surface area contributed by atoms with Crippen LogP contribution in [-0.4, -0.2) is 40.7 Å². The van der Waals surface area contributed by atoms with Gasteiger partial charge in [-0.1, -0.05) is 54.4 Å². The molecule has 1 aromatic heterocycles. The maximum atomic E-state index is 13.7. The fraction of sp³-hybridized carbons (Fsp3) is 0.308. The normalized spacial score (nSPS) is 16.2. The third-order valence-electron chi connectivity index (χ3n) is 6.25. The molecule has 1 aliphatic rings. The first-order chi connectivity index (χ1) is 15.9. The van der Waals surface area contributed by atoms with E-state index in [0.717, 1.165) is 24.0 Å². The van der Waals surface area contributed by atoms with Gasteiger partial charge in [0.2, 0.25) is 5.91 Å². The van der Waals surface area contributed by atoms with Crippen molar-refractivity contribution in [3.05, 3.63) is 91.6 Å². The number of halogens is 2. The third-order valence-corrected chi connectivity index (χ3v) is 7.81. The average molecular weight is 501 g/mol. The molecule has 1 aliphatic heterocycles. The van der Waals surface area contributed by atoms with E-state index in [4.69, 9.17) is 23.2 Å². The van der Waals surface area contributed by atoms with Crippen molar-refractivity contribution in [3.63, 3.8) is 0 Å². The highest BCUT2D eigenvalue weighted by molar-refractivity contribution is 7.10. The molecule has 3 aromatic rings. The SMILES string of the molecule is CCC(C)N(CC(=O)N1CCc2sccc2C1c1ccc(Cl)cc1Cl)C(=O)c1ccccc1. The van der Waals surface area contributed by atoms with E-state index in [1.807, 2.05) is 43.0 Å². The largest absolute Gasteiger partial charge is 0.330 e. The summed E-state index contributed by atoms with van der Waals surface area (Å²) in [7, 11) is 0. The zero-order valence-electron chi connectivity index (χ0n) is 18.6. The molecule has 7 heteroatoms. The highest BCUT2D eigenvalue weighted by Crippen LogP contribution is 2.41. The van der Waals surface area contributed by atoms with Gasteiger partial charge in [-0.2, -0.15) is 0 Å². The summed E-state index contributed by atoms with van der Waals surface area (Å²) >= 11 is 14.4. The van der Waals surface area contributed by atoms with Crippen LogP contribution in [0.4, 0.5) is 0 Å². The second-order valence-electron chi connectivity index (χ2n) is 8.26. The second kappa shape index (κ2) is 10.3. The summed E-state index contributed by atoms with van der Waals surface area (Å²) in [6.07, 6.45) is 1.55. The van der Waals surface area contributed by atoms with Crippen LogP contribution in [0.3, 0.4) is 0 Å². The van der Waals surface area contributed by atoms with Crippen LogP contribution in [0.25, 0.3) is 0 Å². The van der Waals surface area contributed by atoms with E-state index < -0.39 is 0 Å². The van der Waals surface area contributed by atoms with E-state index in [2.05, 4.69) is 11.4 Å². The summed E-state index contributed by atoms with van der Waals surface area (Å²) in [6.45, 7) is 4.60. The Kier molecular flexibility index (Phi) is 7.42. The molecule has 0 N–H and O–H groups in total. The number of carbonyl (C=O) groups is 2. The molecule has 0 spiro atoms. The predicted molar refractivity (Wildman–Crippen MR) is 135 cm³/mol. The van der Waals surface area contributed by atoms with Gasteiger partial charge in [0.25, 0.3) is 5.91 Å². The van der Waals surface area contributed by atoms with Crippen molar-refractivity contribution in [2.45, 2.75) is 38.8 Å². The number of hydrogen-bond donors (Lipinski definition) is 0. The fourth-order valence-corrected chi connectivity index (χ4v) is 5.69. The molecule has 0 aliphatic carbocycles. The van der Waals surface area contributed by atoms with Crippen LogP contribution in [0.15, 0.2) is 60.0 Å². The van der Waals surface area contributed by atoms with Gasteiger partial charge in [-0.15, -0.1) is 11.3 Å². The second-order valence-corrected chi connectivity index (χ2v) is 10.1. The van der Waals surface area contributed by atoms with E-state index >= 15 is 0 Å². The van der Waals surface area contributed by atoms with E-state index in [1.54, 1.807) is 40.5 Å². The van der Waals surface area contributed by atoms with Gasteiger partial charge in [0.1, 0.15) is 6.54 Å². The maximum Gasteiger partial charge on any atom is 0.254 e. The summed E-state index contributed by atoms with van der Waals surface area (Å²) in [5.41, 5.74) is 2.52. The molecule has 2 atom stereocenters. The van der Waals surface area contributed by atoms with Crippen LogP contribution < -0.4 is 0 Å². The minimum absolute atomic E-state index is 0.0178. The highest BCUT2D eigenvalue weighted by atomic mass is 35.5. The minimum Gasteiger partial charge on any atom is -0.330 e. The number of carbonyl (C=O) groups excluding carboxylic acids is 2. The standard InChI is InChI=1S/C26H26Cl2N2O2S/c1-3-17(2)30(26(32)18-7-5-4-6-8-18)16-24(31)29-13-11-23-21(12-14-33-23)25(29)20-10-9-19(27)15-22(20)28/h4-10,12,14-15,17,25H,3,11,13,16H2,1-2H3. The topological polar surface area (TPSA) is 40.6 Å². The Hall–Kier alpha value is -2.34. The molecule has 0 bridgehead atoms. The van der Waals surface area contributed by atoms with Crippen molar-refractivity contribution in [2.24, 2.45) is 0 Å². The number of benzene rings is 2. The number of rotatable bonds is 6. The molecular formula is C26H26Cl2N2O2S. The average Bonchev–Trinajstić information content (AvgIpc) is 3.31. The summed E-state index contributed by atoms with van der Waals surface area (Å²) in [5, 5.41) is 3.14. The van der Waals surface area contributed by atoms with Crippen molar-refractivity contribution >= 4 is 46.4 Å². The first kappa shape index (κ1) is 23.8. The van der Waals surface area contributed by atoms with Crippen molar-refractivity contribution in [1.29, 1.82) is 0 Å². The Bertz CT molecular complexity index is 1150. The molecule has 33 heavy (non-hydrogen) atoms. The summed E-state index contributed by atoms with van der Waals surface area (Å²) in [5.74, 6) is -0.222. The lowest BCUT2D eigenvalue weighted by molar-refractivity contribution is -0.134. The van der Waals surface area contributed by atoms with E-state index in [9.17, 15) is 9.59 Å². The molecule has 2 heterocycles. The minimum atomic E-state index is -0.303. The van der Waals surface area contributed by atoms with Gasteiger partial charge in [-0.05, 0) is 66.6 Å². The van der Waals surface area contributed by atoms with Crippen molar-refractivity contribution < 1.29 is 9.59 Å². The molecule has 4 nitrogen and oxygen atoms in total. The maximum absolute atomic E-state index is 13.7. The molecule has 172 valence electrons. The van der Waals surface area contributed by atoms with Gasteiger partial charge in [-0.25, -0.2) is 0 Å². The fourth-order valence-electron chi connectivity index (χ4n) is 4.27. The quantitative estimate of drug-likeness (QED) is 0.389. The summed E-state index contributed by atoms with van der Waals surface area (Å²) in [4.78, 5) is 31.8. The van der Waals surface area contributed by atoms with Gasteiger partial charge in [-0.3, -0.25) is 9.59 Å². The van der Waals surface area contributed by atoms with Crippen molar-refractivity contribution in [1.82, 2.24) is 9.80 Å². The number of thiophene rings is 1. The van der Waals surface area contributed by atoms with Gasteiger partial charge in [0, 0.05) is 33.1 Å². The van der Waals surface area contributed by atoms with Crippen LogP contribution in [0.2, 0.25) is 10.0 Å². The van der Waals surface area contributed by atoms with E-state index in [1.165, 1.54) is 4.88 Å². The van der Waals surface area contributed by atoms with Crippen molar-refractivity contribution in [3.8, 4) is 0 Å². The molecule has 0 saturated heterocycles. The van der Waals surface area contributed by atoms with Crippen LogP contribution >= 0.6 is 34.5 Å². The lowest BCUT2D eigenvalue weighted by Crippen LogP contribution is -2.49. The number of hydrogen-bond acceptors (Lipinski definition) is 3. The monoisotopic (exact) mass is 500 g/mol. The highest BCUT2D eigenvalue weighted by Gasteiger charge is 2.35. The molecule has 0 saturated carbocycles. The Labute approximate surface area is 208 Å². The lowest BCUT2D eigenvalue weighted by Gasteiger charge is -2.38. The zero-order chi connectivity index (χ0) is 23.5. The molecule has 2 unspecified atom stereocenters. The van der Waals surface area contributed by atoms with E-state index in [-0.39, 0.29) is 30.4 Å². The molecule has 2 aromatic carbocycles. The molecular weight excluding hydrogens is 475 g/mol. The molecule has 0 fully saturated rings. The smallest absolute Gasteiger partial charge is 0.254 e. The van der Waals surface area contributed by atoms with Crippen LogP contribution in [0, 0.1) is 0 Å². The Balaban J connectivity index is 1.67. The Morgan fingerprint density at radius 1 is 1.12 bits per heavy atom. The number of nitrogens with zero attached hydrogens (tertiary/aromatic N) is 2. The third kappa shape index (κ3) is 4.96. The molecule has 2 amide bonds. The Morgan fingerprint density at radius 2 is 1.88 bits per heavy atom. The van der Waals surface area contributed by atoms with Gasteiger partial charge < -0.3 is 9.80 Å². The van der Waals surface area contributed by atoms with Crippen LogP contribution in [-0.2, 0) is 11.2 Å². The summed E-state index contributed by atoms with van der Waals surface area (Å²) < 4.78 is 0. The van der Waals surface area contributed by atoms with Gasteiger partial charge in [0.15, 0.2) is 0 Å². The summed E-state index contributed by atoms with van der Waals surface area (Å²) in [6, 6.07) is 16.2. The first-order valence-corrected chi connectivity index (χ1v) is 12.7. The lowest BCUT2D eigenvalue weighted by atomic mass is 9.93. The van der Waals surface area contributed by atoms with Crippen LogP contribution in [0.1, 0.15) is 52.7 Å². The first-order valence-electron chi connectivity index (χ1n) is 11.1. The van der Waals surface area contributed by atoms with Gasteiger partial charge in [0.05, 0.1) is 6.04 Å². The molecule has 0 radical (unpaired) electrons. The zero-order valence-corrected chi connectivity index (χ0v) is 21.0. The molecule has 4 rings (SSSR count). The van der Waals surface area contributed by atoms with E-state index in [0.29, 0.717) is 22.2 Å². The van der Waals surface area contributed by atoms with Gasteiger partial charge >= 0.3 is 0 Å². The van der Waals surface area contributed by atoms with Crippen molar-refractivity contribution in [2.75, 3.05) is 13.1 Å².